The Bertz CT molecular complexity index is 282. The molecule has 0 aromatic rings. The molecule has 0 aliphatic carbocycles. The highest BCUT2D eigenvalue weighted by atomic mass is 16.5. The van der Waals surface area contributed by atoms with Gasteiger partial charge in [-0.3, -0.25) is 0 Å². The summed E-state index contributed by atoms with van der Waals surface area (Å²) in [5.41, 5.74) is 0.971. The Hall–Kier alpha value is -0.860. The zero-order valence-corrected chi connectivity index (χ0v) is 14.4. The molecule has 118 valence electrons. The normalized spacial score (nSPS) is 13.9. The Morgan fingerprint density at radius 2 is 1.55 bits per heavy atom. The molecule has 0 heterocycles. The average molecular weight is 281 g/mol. The van der Waals surface area contributed by atoms with Crippen LogP contribution in [0.15, 0.2) is 37.5 Å². The predicted molar refractivity (Wildman–Crippen MR) is 91.1 cm³/mol. The predicted octanol–water partition coefficient (Wildman–Crippen LogP) is 5.61. The maximum absolute atomic E-state index is 10.8. The van der Waals surface area contributed by atoms with Gasteiger partial charge in [0.25, 0.3) is 0 Å². The van der Waals surface area contributed by atoms with E-state index in [4.69, 9.17) is 0 Å². The molecule has 1 N–H and O–H groups in total. The van der Waals surface area contributed by atoms with E-state index in [2.05, 4.69) is 54.4 Å². The largest absolute Gasteiger partial charge is 0.313 e. The average Bonchev–Trinajstić information content (AvgIpc) is 2.48. The molecule has 1 atom stereocenters. The van der Waals surface area contributed by atoms with Crippen molar-refractivity contribution in [3.05, 3.63) is 37.5 Å². The second kappa shape index (κ2) is 10.9. The first kappa shape index (κ1) is 21.4. The van der Waals surface area contributed by atoms with Crippen LogP contribution in [0.1, 0.15) is 60.8 Å². The Balaban J connectivity index is 0. The molecule has 0 bridgehead atoms. The molecule has 0 aliphatic rings. The summed E-state index contributed by atoms with van der Waals surface area (Å²) in [4.78, 5) is 0. The zero-order chi connectivity index (χ0) is 16.3. The van der Waals surface area contributed by atoms with E-state index >= 15 is 0 Å². The third-order valence-electron chi connectivity index (χ3n) is 4.27. The van der Waals surface area contributed by atoms with E-state index in [1.165, 1.54) is 0 Å². The third kappa shape index (κ3) is 4.92. The molecule has 0 aliphatic heterocycles. The van der Waals surface area contributed by atoms with Crippen LogP contribution in [-0.4, -0.2) is 21.9 Å². The molecule has 0 aromatic carbocycles. The fourth-order valence-electron chi connectivity index (χ4n) is 2.75. The number of allylic oxidation sites excluding steroid dienone is 1. The van der Waals surface area contributed by atoms with Gasteiger partial charge in [0.2, 0.25) is 0 Å². The summed E-state index contributed by atoms with van der Waals surface area (Å²) in [5, 5.41) is 12.4. The van der Waals surface area contributed by atoms with E-state index < -0.39 is 0 Å². The van der Waals surface area contributed by atoms with Crippen LogP contribution in [-0.2, 0) is 0 Å². The van der Waals surface area contributed by atoms with Gasteiger partial charge >= 0.3 is 0 Å². The number of hydrogen-bond donors (Lipinski definition) is 1. The molecular weight excluding hydrogens is 246 g/mol. The van der Waals surface area contributed by atoms with Crippen molar-refractivity contribution in [2.24, 2.45) is 5.92 Å². The molecule has 2 nitrogen and oxygen atoms in total. The van der Waals surface area contributed by atoms with E-state index in [1.807, 2.05) is 19.1 Å². The smallest absolute Gasteiger partial charge is 0.0625 e. The van der Waals surface area contributed by atoms with Crippen LogP contribution < -0.4 is 0 Å². The monoisotopic (exact) mass is 281 g/mol. The van der Waals surface area contributed by atoms with Gasteiger partial charge < -0.3 is 5.21 Å². The maximum atomic E-state index is 10.8. The second-order valence-electron chi connectivity index (χ2n) is 5.31. The van der Waals surface area contributed by atoms with Crippen molar-refractivity contribution in [1.29, 1.82) is 0 Å². The Kier molecular flexibility index (Phi) is 11.7. The minimum atomic E-state index is -0.133. The van der Waals surface area contributed by atoms with E-state index in [0.717, 1.165) is 24.8 Å². The van der Waals surface area contributed by atoms with E-state index in [1.54, 1.807) is 5.06 Å². The SMILES string of the molecule is C=C.C=C/C(=C\C)C(C(C)C)N(O)C(CC)(CC)CC. The number of hydrogen-bond acceptors (Lipinski definition) is 2. The maximum Gasteiger partial charge on any atom is 0.0625 e. The van der Waals surface area contributed by atoms with E-state index in [0.29, 0.717) is 5.92 Å². The molecule has 0 saturated heterocycles. The van der Waals surface area contributed by atoms with Gasteiger partial charge in [0, 0.05) is 5.54 Å². The topological polar surface area (TPSA) is 23.5 Å². The van der Waals surface area contributed by atoms with Crippen LogP contribution in [0.2, 0.25) is 0 Å². The van der Waals surface area contributed by atoms with Crippen molar-refractivity contribution in [1.82, 2.24) is 5.06 Å². The first-order valence-corrected chi connectivity index (χ1v) is 7.70. The lowest BCUT2D eigenvalue weighted by Crippen LogP contribution is -2.53. The van der Waals surface area contributed by atoms with Gasteiger partial charge in [0.05, 0.1) is 6.04 Å². The number of nitrogens with zero attached hydrogens (tertiary/aromatic N) is 1. The Labute approximate surface area is 126 Å². The molecule has 0 rings (SSSR count). The summed E-state index contributed by atoms with van der Waals surface area (Å²) in [6.45, 7) is 22.6. The fraction of sp³-hybridized carbons (Fsp3) is 0.667. The lowest BCUT2D eigenvalue weighted by Gasteiger charge is -2.44. The molecule has 20 heavy (non-hydrogen) atoms. The summed E-state index contributed by atoms with van der Waals surface area (Å²) in [5.74, 6) is 0.350. The Morgan fingerprint density at radius 3 is 1.75 bits per heavy atom. The van der Waals surface area contributed by atoms with E-state index in [9.17, 15) is 5.21 Å². The lowest BCUT2D eigenvalue weighted by molar-refractivity contribution is -0.207. The third-order valence-corrected chi connectivity index (χ3v) is 4.27. The van der Waals surface area contributed by atoms with Crippen molar-refractivity contribution < 1.29 is 5.21 Å². The zero-order valence-electron chi connectivity index (χ0n) is 14.4. The fourth-order valence-corrected chi connectivity index (χ4v) is 2.75. The molecular formula is C18H35NO. The summed E-state index contributed by atoms with van der Waals surface area (Å²) in [6, 6.07) is 0.0207. The minimum absolute atomic E-state index is 0.0207. The molecule has 0 radical (unpaired) electrons. The summed E-state index contributed by atoms with van der Waals surface area (Å²) in [6.07, 6.45) is 6.77. The summed E-state index contributed by atoms with van der Waals surface area (Å²) in [7, 11) is 0. The highest BCUT2D eigenvalue weighted by Gasteiger charge is 2.37. The standard InChI is InChI=1S/C16H31NO.C2H4/c1-8-14(9-2)15(13(6)7)17(18)16(10-3,11-4)12-5;1-2/h8-9,13,15,18H,1,10-12H2,2-7H3;1-2H2/b14-9+;. The van der Waals surface area contributed by atoms with Gasteiger partial charge in [0.15, 0.2) is 0 Å². The van der Waals surface area contributed by atoms with Crippen molar-refractivity contribution in [2.75, 3.05) is 0 Å². The molecule has 0 spiro atoms. The second-order valence-corrected chi connectivity index (χ2v) is 5.31. The highest BCUT2D eigenvalue weighted by Crippen LogP contribution is 2.33. The first-order valence-electron chi connectivity index (χ1n) is 7.70. The van der Waals surface area contributed by atoms with Crippen molar-refractivity contribution >= 4 is 0 Å². The van der Waals surface area contributed by atoms with Crippen molar-refractivity contribution in [3.63, 3.8) is 0 Å². The summed E-state index contributed by atoms with van der Waals surface area (Å²) < 4.78 is 0. The van der Waals surface area contributed by atoms with Crippen LogP contribution >= 0.6 is 0 Å². The molecule has 0 fully saturated rings. The Morgan fingerprint density at radius 1 is 1.15 bits per heavy atom. The van der Waals surface area contributed by atoms with Gasteiger partial charge in [-0.05, 0) is 37.7 Å². The van der Waals surface area contributed by atoms with Crippen LogP contribution in [0.5, 0.6) is 0 Å². The van der Waals surface area contributed by atoms with Gasteiger partial charge in [0.1, 0.15) is 0 Å². The lowest BCUT2D eigenvalue weighted by atomic mass is 9.84. The number of rotatable bonds is 8. The van der Waals surface area contributed by atoms with Gasteiger partial charge in [-0.15, -0.1) is 13.2 Å². The first-order chi connectivity index (χ1) is 9.43. The van der Waals surface area contributed by atoms with Crippen molar-refractivity contribution in [2.45, 2.75) is 72.4 Å². The van der Waals surface area contributed by atoms with Gasteiger partial charge in [-0.1, -0.05) is 53.3 Å². The van der Waals surface area contributed by atoms with E-state index in [-0.39, 0.29) is 11.6 Å². The minimum Gasteiger partial charge on any atom is -0.313 e. The van der Waals surface area contributed by atoms with Crippen LogP contribution in [0, 0.1) is 5.92 Å². The highest BCUT2D eigenvalue weighted by molar-refractivity contribution is 5.23. The van der Waals surface area contributed by atoms with Crippen LogP contribution in [0.4, 0.5) is 0 Å². The van der Waals surface area contributed by atoms with Gasteiger partial charge in [-0.25, -0.2) is 0 Å². The molecule has 2 heteroatoms. The molecule has 1 unspecified atom stereocenters. The molecule has 0 saturated carbocycles. The van der Waals surface area contributed by atoms with Crippen LogP contribution in [0.3, 0.4) is 0 Å². The summed E-state index contributed by atoms with van der Waals surface area (Å²) >= 11 is 0. The quantitative estimate of drug-likeness (QED) is 0.355. The van der Waals surface area contributed by atoms with Crippen LogP contribution in [0.25, 0.3) is 0 Å². The molecule has 0 amide bonds. The molecule has 0 aromatic heterocycles. The van der Waals surface area contributed by atoms with Gasteiger partial charge in [-0.2, -0.15) is 5.06 Å². The number of hydroxylamine groups is 2. The van der Waals surface area contributed by atoms with Crippen molar-refractivity contribution in [3.8, 4) is 0 Å².